The van der Waals surface area contributed by atoms with Crippen LogP contribution in [-0.2, 0) is 9.59 Å². The van der Waals surface area contributed by atoms with E-state index in [9.17, 15) is 9.59 Å². The van der Waals surface area contributed by atoms with E-state index in [4.69, 9.17) is 0 Å². The molecule has 0 aromatic carbocycles. The second-order valence-electron chi connectivity index (χ2n) is 16.8. The summed E-state index contributed by atoms with van der Waals surface area (Å²) in [6.07, 6.45) is 36.1. The average molecular weight is 779 g/mol. The lowest BCUT2D eigenvalue weighted by molar-refractivity contribution is -0.114. The van der Waals surface area contributed by atoms with Gasteiger partial charge in [0.15, 0.2) is 0 Å². The molecule has 0 N–H and O–H groups in total. The summed E-state index contributed by atoms with van der Waals surface area (Å²) in [4.78, 5) is 35.5. The van der Waals surface area contributed by atoms with Crippen LogP contribution in [0.2, 0.25) is 0 Å². The first-order chi connectivity index (χ1) is 26.5. The largest absolute Gasteiger partial charge is 0.307 e. The molecule has 0 saturated heterocycles. The zero-order chi connectivity index (χ0) is 38.4. The standard InChI is InChI=1S/C48H78N2O2S2/c1-5-9-13-17-21-25-29-39(30-26-22-18-14-10-6-2)37-49-41-33-35-53-45(41)43(47(49)51)44-46-42(34-36-54-46)50(48(44)52)38-40(31-27-23-19-15-11-7-3)32-28-24-20-16-12-8-4/h33-36,39-40H,5-32,37-38H2,1-4H3/b44-43+. The highest BCUT2D eigenvalue weighted by Crippen LogP contribution is 2.50. The third-order valence-electron chi connectivity index (χ3n) is 12.2. The highest BCUT2D eigenvalue weighted by Gasteiger charge is 2.44. The molecule has 0 radical (unpaired) electrons. The molecule has 0 atom stereocenters. The number of nitrogens with zero attached hydrogens (tertiary/aromatic N) is 2. The van der Waals surface area contributed by atoms with Crippen molar-refractivity contribution in [3.05, 3.63) is 32.6 Å². The van der Waals surface area contributed by atoms with Crippen molar-refractivity contribution in [1.82, 2.24) is 0 Å². The van der Waals surface area contributed by atoms with Gasteiger partial charge in [-0.15, -0.1) is 22.7 Å². The Labute approximate surface area is 340 Å². The predicted octanol–water partition coefficient (Wildman–Crippen LogP) is 15.6. The predicted molar refractivity (Wildman–Crippen MR) is 239 cm³/mol. The first-order valence-electron chi connectivity index (χ1n) is 23.1. The lowest BCUT2D eigenvalue weighted by atomic mass is 9.93. The molecule has 4 nitrogen and oxygen atoms in total. The summed E-state index contributed by atoms with van der Waals surface area (Å²) in [5.74, 6) is 1.13. The van der Waals surface area contributed by atoms with Crippen LogP contribution in [0.5, 0.6) is 0 Å². The maximum Gasteiger partial charge on any atom is 0.260 e. The number of unbranched alkanes of at least 4 members (excludes halogenated alkanes) is 20. The van der Waals surface area contributed by atoms with E-state index in [0.717, 1.165) is 34.2 Å². The number of amides is 2. The number of hydrogen-bond donors (Lipinski definition) is 0. The van der Waals surface area contributed by atoms with Gasteiger partial charge < -0.3 is 9.80 Å². The molecule has 304 valence electrons. The van der Waals surface area contributed by atoms with E-state index in [2.05, 4.69) is 60.4 Å². The Kier molecular flexibility index (Phi) is 21.6. The van der Waals surface area contributed by atoms with Gasteiger partial charge in [0.2, 0.25) is 0 Å². The number of carbonyl (C=O) groups excluding carboxylic acids is 2. The molecule has 0 bridgehead atoms. The number of fused-ring (bicyclic) bond motifs is 2. The Bertz CT molecular complexity index is 1240. The molecule has 4 heterocycles. The summed E-state index contributed by atoms with van der Waals surface area (Å²) in [7, 11) is 0. The van der Waals surface area contributed by atoms with Gasteiger partial charge in [0.25, 0.3) is 11.8 Å². The van der Waals surface area contributed by atoms with Crippen LogP contribution in [-0.4, -0.2) is 24.9 Å². The zero-order valence-electron chi connectivity index (χ0n) is 35.2. The Morgan fingerprint density at radius 3 is 1.00 bits per heavy atom. The highest BCUT2D eigenvalue weighted by molar-refractivity contribution is 7.14. The van der Waals surface area contributed by atoms with Crippen LogP contribution in [0.4, 0.5) is 11.4 Å². The van der Waals surface area contributed by atoms with Crippen LogP contribution in [0.15, 0.2) is 22.9 Å². The monoisotopic (exact) mass is 779 g/mol. The number of rotatable bonds is 32. The second-order valence-corrected chi connectivity index (χ2v) is 18.6. The minimum absolute atomic E-state index is 0.0630. The van der Waals surface area contributed by atoms with Crippen molar-refractivity contribution >= 4 is 57.0 Å². The highest BCUT2D eigenvalue weighted by atomic mass is 32.1. The van der Waals surface area contributed by atoms with Crippen molar-refractivity contribution in [3.63, 3.8) is 0 Å². The lowest BCUT2D eigenvalue weighted by Gasteiger charge is -2.25. The maximum absolute atomic E-state index is 14.7. The van der Waals surface area contributed by atoms with E-state index < -0.39 is 0 Å². The van der Waals surface area contributed by atoms with E-state index in [1.807, 2.05) is 0 Å². The van der Waals surface area contributed by atoms with Crippen molar-refractivity contribution in [2.24, 2.45) is 11.8 Å². The first kappa shape index (κ1) is 44.8. The van der Waals surface area contributed by atoms with Gasteiger partial charge in [-0.25, -0.2) is 0 Å². The van der Waals surface area contributed by atoms with Crippen LogP contribution >= 0.6 is 22.7 Å². The van der Waals surface area contributed by atoms with Gasteiger partial charge in [-0.05, 0) is 60.4 Å². The number of anilines is 2. The first-order valence-corrected chi connectivity index (χ1v) is 24.8. The summed E-state index contributed by atoms with van der Waals surface area (Å²) in [5, 5.41) is 4.26. The van der Waals surface area contributed by atoms with E-state index in [0.29, 0.717) is 23.0 Å². The molecule has 54 heavy (non-hydrogen) atoms. The summed E-state index contributed by atoms with van der Waals surface area (Å²) in [6.45, 7) is 10.7. The molecule has 2 aliphatic rings. The molecule has 0 saturated carbocycles. The van der Waals surface area contributed by atoms with Gasteiger partial charge >= 0.3 is 0 Å². The quantitative estimate of drug-likeness (QED) is 0.0548. The Morgan fingerprint density at radius 1 is 0.426 bits per heavy atom. The van der Waals surface area contributed by atoms with Crippen LogP contribution in [0.25, 0.3) is 11.1 Å². The molecular weight excluding hydrogens is 701 g/mol. The SMILES string of the molecule is CCCCCCCCC(CCCCCCCC)CN1C(=O)/C(=C2/C(=O)N(CC(CCCCCCCC)CCCCCCCC)c3ccsc32)c2sccc21. The fourth-order valence-electron chi connectivity index (χ4n) is 8.91. The molecule has 2 aromatic heterocycles. The maximum atomic E-state index is 14.7. The Hall–Kier alpha value is -1.92. The summed E-state index contributed by atoms with van der Waals surface area (Å²) < 4.78 is 0. The van der Waals surface area contributed by atoms with Gasteiger partial charge in [0, 0.05) is 13.1 Å². The van der Waals surface area contributed by atoms with E-state index in [-0.39, 0.29) is 11.8 Å². The molecule has 4 rings (SSSR count). The van der Waals surface area contributed by atoms with Crippen LogP contribution in [0.3, 0.4) is 0 Å². The normalized spacial score (nSPS) is 15.5. The molecule has 2 amide bonds. The molecule has 2 aromatic rings. The third-order valence-corrected chi connectivity index (χ3v) is 14.1. The van der Waals surface area contributed by atoms with E-state index >= 15 is 0 Å². The molecule has 2 aliphatic heterocycles. The van der Waals surface area contributed by atoms with Gasteiger partial charge in [0.05, 0.1) is 32.3 Å². The van der Waals surface area contributed by atoms with Crippen LogP contribution in [0, 0.1) is 11.8 Å². The zero-order valence-corrected chi connectivity index (χ0v) is 36.8. The van der Waals surface area contributed by atoms with Crippen molar-refractivity contribution < 1.29 is 9.59 Å². The Balaban J connectivity index is 1.49. The number of thiophene rings is 2. The Morgan fingerprint density at radius 2 is 0.704 bits per heavy atom. The van der Waals surface area contributed by atoms with Crippen LogP contribution < -0.4 is 9.80 Å². The third kappa shape index (κ3) is 13.6. The molecule has 6 heteroatoms. The molecular formula is C48H78N2O2S2. The molecule has 0 spiro atoms. The van der Waals surface area contributed by atoms with E-state index in [1.54, 1.807) is 22.7 Å². The van der Waals surface area contributed by atoms with Gasteiger partial charge in [0.1, 0.15) is 0 Å². The summed E-state index contributed by atoms with van der Waals surface area (Å²) in [5.41, 5.74) is 3.43. The molecule has 0 unspecified atom stereocenters. The number of hydrogen-bond acceptors (Lipinski definition) is 4. The minimum atomic E-state index is 0.0630. The van der Waals surface area contributed by atoms with Gasteiger partial charge in [-0.1, -0.05) is 182 Å². The fourth-order valence-corrected chi connectivity index (χ4v) is 10.8. The lowest BCUT2D eigenvalue weighted by Crippen LogP contribution is -2.34. The summed E-state index contributed by atoms with van der Waals surface area (Å²) >= 11 is 3.29. The van der Waals surface area contributed by atoms with Crippen molar-refractivity contribution in [3.8, 4) is 0 Å². The topological polar surface area (TPSA) is 40.6 Å². The average Bonchev–Trinajstić information content (AvgIpc) is 3.95. The summed E-state index contributed by atoms with van der Waals surface area (Å²) in [6, 6.07) is 4.28. The minimum Gasteiger partial charge on any atom is -0.307 e. The van der Waals surface area contributed by atoms with Crippen molar-refractivity contribution in [2.75, 3.05) is 22.9 Å². The van der Waals surface area contributed by atoms with Gasteiger partial charge in [-0.3, -0.25) is 9.59 Å². The second kappa shape index (κ2) is 26.1. The van der Waals surface area contributed by atoms with Gasteiger partial charge in [-0.2, -0.15) is 0 Å². The number of carbonyl (C=O) groups is 2. The smallest absolute Gasteiger partial charge is 0.260 e. The van der Waals surface area contributed by atoms with Crippen molar-refractivity contribution in [2.45, 2.75) is 207 Å². The van der Waals surface area contributed by atoms with Crippen LogP contribution in [0.1, 0.15) is 217 Å². The van der Waals surface area contributed by atoms with Crippen molar-refractivity contribution in [1.29, 1.82) is 0 Å². The van der Waals surface area contributed by atoms with E-state index in [1.165, 1.54) is 180 Å². The molecule has 0 aliphatic carbocycles. The molecule has 0 fully saturated rings. The fraction of sp³-hybridized carbons (Fsp3) is 0.750.